The number of hydrogen-bond acceptors (Lipinski definition) is 6. The fraction of sp³-hybridized carbons (Fsp3) is 0.619. The van der Waals surface area contributed by atoms with Crippen LogP contribution in [-0.4, -0.2) is 55.1 Å². The van der Waals surface area contributed by atoms with Gasteiger partial charge < -0.3 is 14.8 Å². The van der Waals surface area contributed by atoms with Gasteiger partial charge in [0.05, 0.1) is 29.5 Å². The predicted octanol–water partition coefficient (Wildman–Crippen LogP) is 2.60. The van der Waals surface area contributed by atoms with Gasteiger partial charge in [0.15, 0.2) is 0 Å². The second-order valence-corrected chi connectivity index (χ2v) is 10.7. The Hall–Kier alpha value is -2.13. The summed E-state index contributed by atoms with van der Waals surface area (Å²) in [5.74, 6) is -1.06. The van der Waals surface area contributed by atoms with E-state index in [-0.39, 0.29) is 17.5 Å². The molecule has 5 atom stereocenters. The second-order valence-electron chi connectivity index (χ2n) is 8.81. The predicted molar refractivity (Wildman–Crippen MR) is 110 cm³/mol. The van der Waals surface area contributed by atoms with Gasteiger partial charge in [0.25, 0.3) is 0 Å². The smallest absolute Gasteiger partial charge is 0.407 e. The van der Waals surface area contributed by atoms with Gasteiger partial charge in [-0.15, -0.1) is 0 Å². The van der Waals surface area contributed by atoms with Crippen molar-refractivity contribution in [3.63, 3.8) is 0 Å². The van der Waals surface area contributed by atoms with Crippen molar-refractivity contribution >= 4 is 22.1 Å². The van der Waals surface area contributed by atoms with E-state index in [1.54, 1.807) is 52.0 Å². The number of carbonyl (C=O) groups is 2. The van der Waals surface area contributed by atoms with Gasteiger partial charge in [-0.2, -0.15) is 4.31 Å². The number of esters is 1. The number of alkyl carbamates (subject to hydrolysis) is 1. The molecule has 2 fully saturated rings. The number of fused-ring (bicyclic) bond motifs is 1. The van der Waals surface area contributed by atoms with Crippen molar-refractivity contribution in [2.45, 2.75) is 76.1 Å². The lowest BCUT2D eigenvalue weighted by Crippen LogP contribution is -2.51. The highest BCUT2D eigenvalue weighted by Gasteiger charge is 2.64. The van der Waals surface area contributed by atoms with E-state index in [1.165, 1.54) is 4.31 Å². The third-order valence-electron chi connectivity index (χ3n) is 5.37. The Kier molecular flexibility index (Phi) is 6.15. The van der Waals surface area contributed by atoms with E-state index < -0.39 is 45.7 Å². The minimum Gasteiger partial charge on any atom is -0.466 e. The van der Waals surface area contributed by atoms with Crippen molar-refractivity contribution in [3.8, 4) is 0 Å². The van der Waals surface area contributed by atoms with E-state index in [0.29, 0.717) is 12.8 Å². The van der Waals surface area contributed by atoms with Crippen LogP contribution in [0.25, 0.3) is 0 Å². The van der Waals surface area contributed by atoms with Gasteiger partial charge in [-0.3, -0.25) is 4.79 Å². The third-order valence-corrected chi connectivity index (χ3v) is 7.31. The first-order chi connectivity index (χ1) is 14.0. The Labute approximate surface area is 178 Å². The van der Waals surface area contributed by atoms with Crippen molar-refractivity contribution in [3.05, 3.63) is 29.8 Å². The zero-order chi connectivity index (χ0) is 22.3. The molecule has 1 heterocycles. The summed E-state index contributed by atoms with van der Waals surface area (Å²) in [6.07, 6.45) is 0.286. The zero-order valence-corrected chi connectivity index (χ0v) is 18.9. The molecule has 9 heteroatoms. The first-order valence-electron chi connectivity index (χ1n) is 10.2. The van der Waals surface area contributed by atoms with Crippen molar-refractivity contribution in [1.29, 1.82) is 0 Å². The zero-order valence-electron chi connectivity index (χ0n) is 18.0. The summed E-state index contributed by atoms with van der Waals surface area (Å²) in [4.78, 5) is 25.1. The fourth-order valence-corrected chi connectivity index (χ4v) is 5.90. The van der Waals surface area contributed by atoms with Crippen molar-refractivity contribution in [2.24, 2.45) is 5.92 Å². The number of nitrogens with zero attached hydrogens (tertiary/aromatic N) is 1. The number of nitrogens with one attached hydrogen (secondary N) is 1. The Morgan fingerprint density at radius 1 is 1.17 bits per heavy atom. The van der Waals surface area contributed by atoms with Crippen molar-refractivity contribution in [2.75, 3.05) is 6.61 Å². The van der Waals surface area contributed by atoms with Crippen LogP contribution in [-0.2, 0) is 24.3 Å². The number of hydrogen-bond donors (Lipinski definition) is 1. The van der Waals surface area contributed by atoms with E-state index in [0.717, 1.165) is 5.56 Å². The topological polar surface area (TPSA) is 102 Å². The molecule has 3 rings (SSSR count). The molecule has 1 aromatic rings. The van der Waals surface area contributed by atoms with Gasteiger partial charge >= 0.3 is 12.1 Å². The molecule has 1 aromatic carbocycles. The summed E-state index contributed by atoms with van der Waals surface area (Å²) >= 11 is 0. The third kappa shape index (κ3) is 4.62. The standard InChI is InChI=1S/C21H30N2O6S/c1-6-28-19(24)15-11-12-16-18(17(15)22-20(25)29-21(3,4)5)23(16)30(26,27)14-9-7-13(2)8-10-14/h7-10,15-18H,6,11-12H2,1-5H3,(H,22,25)/t15-,16+,17-,18+,23?/m1/s1. The Bertz CT molecular complexity index is 906. The molecule has 1 N–H and O–H groups in total. The van der Waals surface area contributed by atoms with Crippen LogP contribution in [0.2, 0.25) is 0 Å². The van der Waals surface area contributed by atoms with Crippen LogP contribution < -0.4 is 5.32 Å². The van der Waals surface area contributed by atoms with Crippen LogP contribution in [0.15, 0.2) is 29.2 Å². The lowest BCUT2D eigenvalue weighted by Gasteiger charge is -2.30. The summed E-state index contributed by atoms with van der Waals surface area (Å²) in [6, 6.07) is 5.17. The first kappa shape index (κ1) is 22.6. The van der Waals surface area contributed by atoms with Gasteiger partial charge in [0.1, 0.15) is 5.60 Å². The van der Waals surface area contributed by atoms with Crippen molar-refractivity contribution < 1.29 is 27.5 Å². The van der Waals surface area contributed by atoms with E-state index in [4.69, 9.17) is 9.47 Å². The van der Waals surface area contributed by atoms with E-state index in [9.17, 15) is 18.0 Å². The molecule has 1 saturated heterocycles. The summed E-state index contributed by atoms with van der Waals surface area (Å²) in [5, 5.41) is 2.75. The molecule has 2 aliphatic rings. The Morgan fingerprint density at radius 3 is 2.37 bits per heavy atom. The molecule has 1 aliphatic carbocycles. The number of amides is 1. The molecule has 1 aliphatic heterocycles. The molecule has 0 spiro atoms. The maximum atomic E-state index is 13.2. The lowest BCUT2D eigenvalue weighted by molar-refractivity contribution is -0.149. The fourth-order valence-electron chi connectivity index (χ4n) is 4.05. The summed E-state index contributed by atoms with van der Waals surface area (Å²) in [6.45, 7) is 9.04. The highest BCUT2D eigenvalue weighted by atomic mass is 32.2. The molecule has 8 nitrogen and oxygen atoms in total. The molecular weight excluding hydrogens is 408 g/mol. The van der Waals surface area contributed by atoms with E-state index in [1.807, 2.05) is 6.92 Å². The monoisotopic (exact) mass is 438 g/mol. The Morgan fingerprint density at radius 2 is 1.80 bits per heavy atom. The van der Waals surface area contributed by atoms with Crippen LogP contribution in [0.3, 0.4) is 0 Å². The van der Waals surface area contributed by atoms with Gasteiger partial charge in [-0.05, 0) is 59.6 Å². The average molecular weight is 439 g/mol. The molecule has 1 amide bonds. The number of rotatable bonds is 5. The lowest BCUT2D eigenvalue weighted by atomic mass is 9.84. The minimum absolute atomic E-state index is 0.200. The largest absolute Gasteiger partial charge is 0.466 e. The average Bonchev–Trinajstić information content (AvgIpc) is 3.37. The second kappa shape index (κ2) is 8.19. The molecule has 30 heavy (non-hydrogen) atoms. The van der Waals surface area contributed by atoms with E-state index >= 15 is 0 Å². The molecule has 1 saturated carbocycles. The number of aryl methyl sites for hydroxylation is 1. The SMILES string of the molecule is CCOC(=O)[C@@H]1CC[C@H]2[C@@H]([C@@H]1NC(=O)OC(C)(C)C)N2S(=O)(=O)c1ccc(C)cc1. The molecule has 0 aromatic heterocycles. The van der Waals surface area contributed by atoms with Crippen LogP contribution in [0.5, 0.6) is 0 Å². The summed E-state index contributed by atoms with van der Waals surface area (Å²) in [5.41, 5.74) is 0.249. The molecule has 0 radical (unpaired) electrons. The van der Waals surface area contributed by atoms with Crippen LogP contribution >= 0.6 is 0 Å². The van der Waals surface area contributed by atoms with Gasteiger partial charge in [0, 0.05) is 6.04 Å². The van der Waals surface area contributed by atoms with Crippen LogP contribution in [0.1, 0.15) is 46.1 Å². The van der Waals surface area contributed by atoms with Gasteiger partial charge in [-0.25, -0.2) is 13.2 Å². The highest BCUT2D eigenvalue weighted by Crippen LogP contribution is 2.47. The summed E-state index contributed by atoms with van der Waals surface area (Å²) < 4.78 is 38.3. The number of carbonyl (C=O) groups excluding carboxylic acids is 2. The molecule has 1 unspecified atom stereocenters. The maximum absolute atomic E-state index is 13.2. The van der Waals surface area contributed by atoms with Crippen LogP contribution in [0, 0.1) is 12.8 Å². The van der Waals surface area contributed by atoms with Crippen LogP contribution in [0.4, 0.5) is 4.79 Å². The quantitative estimate of drug-likeness (QED) is 0.560. The highest BCUT2D eigenvalue weighted by molar-refractivity contribution is 7.89. The summed E-state index contributed by atoms with van der Waals surface area (Å²) in [7, 11) is -3.74. The number of benzene rings is 1. The van der Waals surface area contributed by atoms with E-state index in [2.05, 4.69) is 5.32 Å². The molecule has 0 bridgehead atoms. The number of sulfonamides is 1. The first-order valence-corrected chi connectivity index (χ1v) is 11.7. The van der Waals surface area contributed by atoms with Crippen molar-refractivity contribution in [1.82, 2.24) is 9.62 Å². The number of ether oxygens (including phenoxy) is 2. The molecular formula is C21H30N2O6S. The minimum atomic E-state index is -3.74. The maximum Gasteiger partial charge on any atom is 0.407 e. The molecule has 166 valence electrons. The van der Waals surface area contributed by atoms with Gasteiger partial charge in [0.2, 0.25) is 10.0 Å². The van der Waals surface area contributed by atoms with Gasteiger partial charge in [-0.1, -0.05) is 17.7 Å². The normalized spacial score (nSPS) is 28.2. The Balaban J connectivity index is 1.86.